The van der Waals surface area contributed by atoms with Gasteiger partial charge in [0.05, 0.1) is 19.8 Å². The molecule has 0 radical (unpaired) electrons. The average molecular weight is 286 g/mol. The summed E-state index contributed by atoms with van der Waals surface area (Å²) in [5, 5.41) is 2.85. The number of ether oxygens (including phenoxy) is 2. The lowest BCUT2D eigenvalue weighted by Crippen LogP contribution is -2.66. The monoisotopic (exact) mass is 286 g/mol. The van der Waals surface area contributed by atoms with Gasteiger partial charge in [0.1, 0.15) is 5.54 Å². The van der Waals surface area contributed by atoms with E-state index >= 15 is 0 Å². The maximum Gasteiger partial charge on any atom is 0.248 e. The standard InChI is InChI=1S/C14H26N2O4/c1-4-14(5-2)13(18)16(11-12(17)15-14)7-6-8-20-10-9-19-3/h4-11H2,1-3H3,(H,15,17). The van der Waals surface area contributed by atoms with E-state index in [4.69, 9.17) is 9.47 Å². The Morgan fingerprint density at radius 3 is 2.50 bits per heavy atom. The van der Waals surface area contributed by atoms with Crippen LogP contribution in [0.4, 0.5) is 0 Å². The van der Waals surface area contributed by atoms with Crippen molar-refractivity contribution in [3.05, 3.63) is 0 Å². The number of piperazine rings is 1. The lowest BCUT2D eigenvalue weighted by atomic mass is 9.89. The first kappa shape index (κ1) is 16.9. The fourth-order valence-corrected chi connectivity index (χ4v) is 2.42. The van der Waals surface area contributed by atoms with Crippen molar-refractivity contribution in [2.45, 2.75) is 38.6 Å². The highest BCUT2D eigenvalue weighted by atomic mass is 16.5. The second-order valence-electron chi connectivity index (χ2n) is 5.02. The van der Waals surface area contributed by atoms with E-state index in [9.17, 15) is 9.59 Å². The summed E-state index contributed by atoms with van der Waals surface area (Å²) in [4.78, 5) is 25.9. The molecule has 0 atom stereocenters. The first-order valence-corrected chi connectivity index (χ1v) is 7.26. The Kier molecular flexibility index (Phi) is 6.95. The van der Waals surface area contributed by atoms with Gasteiger partial charge in [0, 0.05) is 20.3 Å². The molecule has 1 saturated heterocycles. The molecule has 0 aromatic heterocycles. The SMILES string of the molecule is CCC1(CC)NC(=O)CN(CCCOCCOC)C1=O. The molecule has 0 unspecified atom stereocenters. The fraction of sp³-hybridized carbons (Fsp3) is 0.857. The van der Waals surface area contributed by atoms with Crippen LogP contribution in [0.25, 0.3) is 0 Å². The second kappa shape index (κ2) is 8.21. The number of amides is 2. The number of hydrogen-bond acceptors (Lipinski definition) is 4. The minimum Gasteiger partial charge on any atom is -0.382 e. The molecule has 0 saturated carbocycles. The van der Waals surface area contributed by atoms with Crippen LogP contribution in [0.15, 0.2) is 0 Å². The van der Waals surface area contributed by atoms with Crippen molar-refractivity contribution >= 4 is 11.8 Å². The van der Waals surface area contributed by atoms with E-state index < -0.39 is 5.54 Å². The summed E-state index contributed by atoms with van der Waals surface area (Å²) in [6.45, 7) is 6.26. The van der Waals surface area contributed by atoms with E-state index in [0.29, 0.717) is 39.2 Å². The first-order chi connectivity index (χ1) is 9.59. The molecule has 1 fully saturated rings. The van der Waals surface area contributed by atoms with Gasteiger partial charge < -0.3 is 19.7 Å². The Balaban J connectivity index is 2.44. The van der Waals surface area contributed by atoms with Crippen LogP contribution in [0, 0.1) is 0 Å². The lowest BCUT2D eigenvalue weighted by Gasteiger charge is -2.41. The minimum atomic E-state index is -0.716. The fourth-order valence-electron chi connectivity index (χ4n) is 2.42. The van der Waals surface area contributed by atoms with Crippen LogP contribution >= 0.6 is 0 Å². The first-order valence-electron chi connectivity index (χ1n) is 7.26. The Bertz CT molecular complexity index is 329. The highest BCUT2D eigenvalue weighted by Gasteiger charge is 2.43. The minimum absolute atomic E-state index is 0.0268. The predicted molar refractivity (Wildman–Crippen MR) is 75.3 cm³/mol. The number of hydrogen-bond donors (Lipinski definition) is 1. The summed E-state index contributed by atoms with van der Waals surface area (Å²) < 4.78 is 10.3. The molecule has 6 heteroatoms. The molecule has 0 spiro atoms. The summed E-state index contributed by atoms with van der Waals surface area (Å²) >= 11 is 0. The number of nitrogens with one attached hydrogen (secondary N) is 1. The molecule has 1 aliphatic rings. The third-order valence-corrected chi connectivity index (χ3v) is 3.77. The van der Waals surface area contributed by atoms with Gasteiger partial charge in [0.25, 0.3) is 0 Å². The van der Waals surface area contributed by atoms with Gasteiger partial charge in [-0.1, -0.05) is 13.8 Å². The average Bonchev–Trinajstić information content (AvgIpc) is 2.45. The molecule has 1 heterocycles. The predicted octanol–water partition coefficient (Wildman–Crippen LogP) is 0.557. The summed E-state index contributed by atoms with van der Waals surface area (Å²) in [7, 11) is 1.63. The van der Waals surface area contributed by atoms with E-state index in [1.807, 2.05) is 13.8 Å². The Hall–Kier alpha value is -1.14. The molecule has 0 aromatic rings. The van der Waals surface area contributed by atoms with Crippen LogP contribution in [-0.2, 0) is 19.1 Å². The Labute approximate surface area is 120 Å². The number of carbonyl (C=O) groups is 2. The number of rotatable bonds is 9. The zero-order valence-corrected chi connectivity index (χ0v) is 12.7. The van der Waals surface area contributed by atoms with Gasteiger partial charge in [0.2, 0.25) is 11.8 Å². The maximum absolute atomic E-state index is 12.5. The number of carbonyl (C=O) groups excluding carboxylic acids is 2. The van der Waals surface area contributed by atoms with E-state index in [1.165, 1.54) is 0 Å². The quantitative estimate of drug-likeness (QED) is 0.629. The molecule has 116 valence electrons. The molecule has 1 aliphatic heterocycles. The van der Waals surface area contributed by atoms with E-state index in [0.717, 1.165) is 6.42 Å². The van der Waals surface area contributed by atoms with Crippen molar-refractivity contribution in [1.29, 1.82) is 0 Å². The molecule has 0 aliphatic carbocycles. The molecule has 0 aromatic carbocycles. The molecule has 1 N–H and O–H groups in total. The largest absolute Gasteiger partial charge is 0.382 e. The van der Waals surface area contributed by atoms with Gasteiger partial charge in [-0.15, -0.1) is 0 Å². The van der Waals surface area contributed by atoms with Gasteiger partial charge in [-0.05, 0) is 19.3 Å². The summed E-state index contributed by atoms with van der Waals surface area (Å²) in [6.07, 6.45) is 1.97. The molecule has 20 heavy (non-hydrogen) atoms. The Morgan fingerprint density at radius 2 is 1.90 bits per heavy atom. The van der Waals surface area contributed by atoms with Crippen LogP contribution in [0.1, 0.15) is 33.1 Å². The van der Waals surface area contributed by atoms with Crippen molar-refractivity contribution < 1.29 is 19.1 Å². The van der Waals surface area contributed by atoms with Crippen molar-refractivity contribution in [3.63, 3.8) is 0 Å². The third-order valence-electron chi connectivity index (χ3n) is 3.77. The second-order valence-corrected chi connectivity index (χ2v) is 5.02. The van der Waals surface area contributed by atoms with E-state index in [2.05, 4.69) is 5.32 Å². The van der Waals surface area contributed by atoms with Crippen molar-refractivity contribution in [2.75, 3.05) is 40.0 Å². The molecule has 1 rings (SSSR count). The van der Waals surface area contributed by atoms with Gasteiger partial charge in [0.15, 0.2) is 0 Å². The topological polar surface area (TPSA) is 67.9 Å². The molecule has 2 amide bonds. The van der Waals surface area contributed by atoms with Crippen LogP contribution in [0.5, 0.6) is 0 Å². The van der Waals surface area contributed by atoms with Crippen LogP contribution in [0.3, 0.4) is 0 Å². The number of methoxy groups -OCH3 is 1. The lowest BCUT2D eigenvalue weighted by molar-refractivity contribution is -0.150. The highest BCUT2D eigenvalue weighted by molar-refractivity contribution is 5.97. The molecule has 0 bridgehead atoms. The molecule has 6 nitrogen and oxygen atoms in total. The number of nitrogens with zero attached hydrogens (tertiary/aromatic N) is 1. The van der Waals surface area contributed by atoms with Crippen molar-refractivity contribution in [1.82, 2.24) is 10.2 Å². The van der Waals surface area contributed by atoms with Gasteiger partial charge >= 0.3 is 0 Å². The Morgan fingerprint density at radius 1 is 1.20 bits per heavy atom. The van der Waals surface area contributed by atoms with Crippen LogP contribution in [-0.4, -0.2) is 62.3 Å². The summed E-state index contributed by atoms with van der Waals surface area (Å²) in [5.74, 6) is -0.0485. The zero-order chi connectivity index (χ0) is 15.0. The van der Waals surface area contributed by atoms with E-state index in [1.54, 1.807) is 12.0 Å². The highest BCUT2D eigenvalue weighted by Crippen LogP contribution is 2.22. The summed E-state index contributed by atoms with van der Waals surface area (Å²) in [5.41, 5.74) is -0.716. The van der Waals surface area contributed by atoms with Crippen LogP contribution in [0.2, 0.25) is 0 Å². The van der Waals surface area contributed by atoms with Crippen molar-refractivity contribution in [3.8, 4) is 0 Å². The third kappa shape index (κ3) is 4.18. The van der Waals surface area contributed by atoms with E-state index in [-0.39, 0.29) is 18.4 Å². The maximum atomic E-state index is 12.5. The molecular formula is C14H26N2O4. The normalized spacial score (nSPS) is 18.2. The molecular weight excluding hydrogens is 260 g/mol. The zero-order valence-electron chi connectivity index (χ0n) is 12.7. The van der Waals surface area contributed by atoms with Crippen molar-refractivity contribution in [2.24, 2.45) is 0 Å². The van der Waals surface area contributed by atoms with Gasteiger partial charge in [-0.25, -0.2) is 0 Å². The summed E-state index contributed by atoms with van der Waals surface area (Å²) in [6, 6.07) is 0. The smallest absolute Gasteiger partial charge is 0.248 e. The van der Waals surface area contributed by atoms with Gasteiger partial charge in [-0.3, -0.25) is 9.59 Å². The van der Waals surface area contributed by atoms with Crippen LogP contribution < -0.4 is 5.32 Å². The van der Waals surface area contributed by atoms with Gasteiger partial charge in [-0.2, -0.15) is 0 Å².